The molecule has 5 nitrogen and oxygen atoms in total. The fourth-order valence-corrected chi connectivity index (χ4v) is 0.565. The van der Waals surface area contributed by atoms with Gasteiger partial charge in [-0.25, -0.2) is 0 Å². The fraction of sp³-hybridized carbons (Fsp3) is 1.00. The molecule has 1 unspecified atom stereocenters. The van der Waals surface area contributed by atoms with E-state index in [4.69, 9.17) is 26.8 Å². The Morgan fingerprint density at radius 2 is 1.60 bits per heavy atom. The van der Waals surface area contributed by atoms with Crippen molar-refractivity contribution in [1.82, 2.24) is 0 Å². The first kappa shape index (κ1) is 9.80. The number of aliphatic hydroxyl groups is 3. The molecular formula is C5H14N2O3. The van der Waals surface area contributed by atoms with Crippen molar-refractivity contribution in [2.24, 2.45) is 11.5 Å². The Balaban J connectivity index is 4.10. The summed E-state index contributed by atoms with van der Waals surface area (Å²) in [6, 6.07) is 0. The van der Waals surface area contributed by atoms with Gasteiger partial charge in [-0.15, -0.1) is 0 Å². The summed E-state index contributed by atoms with van der Waals surface area (Å²) >= 11 is 0. The van der Waals surface area contributed by atoms with Crippen LogP contribution in [0.1, 0.15) is 19.8 Å². The standard InChI is InChI=1S/C5H14N2O3/c1-2-3-4(6,8)5(7,9)10/h8-10H,2-3,6-7H2,1H3. The van der Waals surface area contributed by atoms with E-state index in [0.717, 1.165) is 0 Å². The van der Waals surface area contributed by atoms with Crippen molar-refractivity contribution in [3.63, 3.8) is 0 Å². The molecule has 0 rings (SSSR count). The van der Waals surface area contributed by atoms with Gasteiger partial charge in [0, 0.05) is 0 Å². The van der Waals surface area contributed by atoms with Crippen molar-refractivity contribution in [2.75, 3.05) is 0 Å². The lowest BCUT2D eigenvalue weighted by Crippen LogP contribution is -2.66. The summed E-state index contributed by atoms with van der Waals surface area (Å²) in [5.74, 6) is -2.72. The second-order valence-electron chi connectivity index (χ2n) is 2.40. The lowest BCUT2D eigenvalue weighted by Gasteiger charge is -2.32. The molecule has 0 bridgehead atoms. The number of hydrogen-bond acceptors (Lipinski definition) is 5. The Bertz CT molecular complexity index is 108. The highest BCUT2D eigenvalue weighted by molar-refractivity contribution is 4.80. The first-order valence-electron chi connectivity index (χ1n) is 3.06. The average molecular weight is 150 g/mol. The van der Waals surface area contributed by atoms with Gasteiger partial charge in [-0.3, -0.25) is 11.5 Å². The third kappa shape index (κ3) is 2.20. The molecular weight excluding hydrogens is 136 g/mol. The Hall–Kier alpha value is -0.200. The molecule has 0 radical (unpaired) electrons. The quantitative estimate of drug-likeness (QED) is 0.299. The fourth-order valence-electron chi connectivity index (χ4n) is 0.565. The van der Waals surface area contributed by atoms with E-state index in [1.165, 1.54) is 0 Å². The first-order valence-corrected chi connectivity index (χ1v) is 3.06. The van der Waals surface area contributed by atoms with Crippen LogP contribution in [0.3, 0.4) is 0 Å². The minimum Gasteiger partial charge on any atom is -0.370 e. The van der Waals surface area contributed by atoms with Crippen LogP contribution < -0.4 is 11.5 Å². The van der Waals surface area contributed by atoms with Gasteiger partial charge in [0.15, 0.2) is 5.72 Å². The van der Waals surface area contributed by atoms with Crippen LogP contribution in [0.2, 0.25) is 0 Å². The van der Waals surface area contributed by atoms with Crippen LogP contribution in [0.25, 0.3) is 0 Å². The van der Waals surface area contributed by atoms with E-state index in [1.54, 1.807) is 6.92 Å². The SMILES string of the molecule is CCCC(N)(O)C(N)(O)O. The van der Waals surface area contributed by atoms with E-state index < -0.39 is 11.6 Å². The molecule has 10 heavy (non-hydrogen) atoms. The zero-order valence-electron chi connectivity index (χ0n) is 5.91. The summed E-state index contributed by atoms with van der Waals surface area (Å²) in [6.07, 6.45) is 0.559. The maximum atomic E-state index is 9.00. The van der Waals surface area contributed by atoms with Crippen LogP contribution in [-0.4, -0.2) is 27.0 Å². The second kappa shape index (κ2) is 2.81. The molecule has 0 amide bonds. The molecule has 0 aromatic rings. The van der Waals surface area contributed by atoms with Gasteiger partial charge >= 0.3 is 0 Å². The van der Waals surface area contributed by atoms with Gasteiger partial charge in [0.05, 0.1) is 0 Å². The predicted molar refractivity (Wildman–Crippen MR) is 35.4 cm³/mol. The molecule has 62 valence electrons. The van der Waals surface area contributed by atoms with E-state index >= 15 is 0 Å². The Kier molecular flexibility index (Phi) is 2.76. The van der Waals surface area contributed by atoms with Crippen LogP contribution in [0, 0.1) is 0 Å². The molecule has 0 aliphatic rings. The summed E-state index contributed by atoms with van der Waals surface area (Å²) in [5.41, 5.74) is 7.65. The van der Waals surface area contributed by atoms with Gasteiger partial charge in [0.1, 0.15) is 0 Å². The van der Waals surface area contributed by atoms with Crippen molar-refractivity contribution in [1.29, 1.82) is 0 Å². The van der Waals surface area contributed by atoms with Gasteiger partial charge in [-0.1, -0.05) is 13.3 Å². The molecule has 1 atom stereocenters. The average Bonchev–Trinajstić information content (AvgIpc) is 1.61. The van der Waals surface area contributed by atoms with Crippen LogP contribution in [0.5, 0.6) is 0 Å². The van der Waals surface area contributed by atoms with Crippen molar-refractivity contribution in [3.05, 3.63) is 0 Å². The van der Waals surface area contributed by atoms with E-state index in [9.17, 15) is 0 Å². The second-order valence-corrected chi connectivity index (χ2v) is 2.40. The Morgan fingerprint density at radius 3 is 1.70 bits per heavy atom. The van der Waals surface area contributed by atoms with Gasteiger partial charge < -0.3 is 15.3 Å². The number of nitrogens with two attached hydrogens (primary N) is 2. The van der Waals surface area contributed by atoms with Crippen molar-refractivity contribution >= 4 is 0 Å². The van der Waals surface area contributed by atoms with Gasteiger partial charge in [0.25, 0.3) is 5.91 Å². The van der Waals surface area contributed by atoms with Crippen LogP contribution in [0.15, 0.2) is 0 Å². The molecule has 0 saturated carbocycles. The third-order valence-electron chi connectivity index (χ3n) is 1.27. The molecule has 0 aromatic carbocycles. The van der Waals surface area contributed by atoms with Crippen LogP contribution in [0.4, 0.5) is 0 Å². The normalized spacial score (nSPS) is 18.6. The van der Waals surface area contributed by atoms with Crippen LogP contribution >= 0.6 is 0 Å². The van der Waals surface area contributed by atoms with Gasteiger partial charge in [-0.2, -0.15) is 0 Å². The molecule has 7 N–H and O–H groups in total. The highest BCUT2D eigenvalue weighted by atomic mass is 16.5. The topological polar surface area (TPSA) is 113 Å². The molecule has 0 saturated heterocycles. The number of rotatable bonds is 3. The smallest absolute Gasteiger partial charge is 0.264 e. The zero-order valence-corrected chi connectivity index (χ0v) is 5.91. The summed E-state index contributed by atoms with van der Waals surface area (Å²) in [5, 5.41) is 26.3. The summed E-state index contributed by atoms with van der Waals surface area (Å²) in [7, 11) is 0. The molecule has 5 heteroatoms. The predicted octanol–water partition coefficient (Wildman–Crippen LogP) is -1.97. The maximum absolute atomic E-state index is 9.00. The van der Waals surface area contributed by atoms with Gasteiger partial charge in [-0.05, 0) is 6.42 Å². The Morgan fingerprint density at radius 1 is 1.20 bits per heavy atom. The van der Waals surface area contributed by atoms with Gasteiger partial charge in [0.2, 0.25) is 0 Å². The van der Waals surface area contributed by atoms with E-state index in [2.05, 4.69) is 0 Å². The summed E-state index contributed by atoms with van der Waals surface area (Å²) < 4.78 is 0. The maximum Gasteiger partial charge on any atom is 0.264 e. The molecule has 0 aromatic heterocycles. The van der Waals surface area contributed by atoms with Crippen molar-refractivity contribution in [3.8, 4) is 0 Å². The number of hydrogen-bond donors (Lipinski definition) is 5. The van der Waals surface area contributed by atoms with E-state index in [-0.39, 0.29) is 6.42 Å². The molecule has 0 aliphatic heterocycles. The van der Waals surface area contributed by atoms with Crippen molar-refractivity contribution < 1.29 is 15.3 Å². The molecule has 0 aliphatic carbocycles. The molecule has 0 heterocycles. The first-order chi connectivity index (χ1) is 4.31. The summed E-state index contributed by atoms with van der Waals surface area (Å²) in [6.45, 7) is 1.74. The Labute approximate surface area is 59.3 Å². The monoisotopic (exact) mass is 150 g/mol. The zero-order chi connectivity index (χ0) is 8.41. The lowest BCUT2D eigenvalue weighted by atomic mass is 10.1. The highest BCUT2D eigenvalue weighted by Gasteiger charge is 2.40. The van der Waals surface area contributed by atoms with Crippen LogP contribution in [-0.2, 0) is 0 Å². The van der Waals surface area contributed by atoms with E-state index in [0.29, 0.717) is 6.42 Å². The lowest BCUT2D eigenvalue weighted by molar-refractivity contribution is -0.272. The minimum atomic E-state index is -2.72. The molecule has 0 spiro atoms. The third-order valence-corrected chi connectivity index (χ3v) is 1.27. The largest absolute Gasteiger partial charge is 0.370 e. The molecule has 0 fully saturated rings. The van der Waals surface area contributed by atoms with Crippen molar-refractivity contribution in [2.45, 2.75) is 31.4 Å². The minimum absolute atomic E-state index is 0.0382. The highest BCUT2D eigenvalue weighted by Crippen LogP contribution is 2.13. The summed E-state index contributed by atoms with van der Waals surface area (Å²) in [4.78, 5) is 0. The van der Waals surface area contributed by atoms with E-state index in [1.807, 2.05) is 0 Å².